The number of anilines is 1. The van der Waals surface area contributed by atoms with Gasteiger partial charge in [0.05, 0.1) is 19.5 Å². The van der Waals surface area contributed by atoms with Crippen molar-refractivity contribution in [3.8, 4) is 0 Å². The Bertz CT molecular complexity index is 1360. The number of fused-ring (bicyclic) bond motifs is 1. The lowest BCUT2D eigenvalue weighted by Crippen LogP contribution is -2.61. The van der Waals surface area contributed by atoms with Crippen molar-refractivity contribution in [2.75, 3.05) is 18.9 Å². The van der Waals surface area contributed by atoms with Gasteiger partial charge in [-0.1, -0.05) is 6.92 Å². The van der Waals surface area contributed by atoms with E-state index in [9.17, 15) is 39.9 Å². The summed E-state index contributed by atoms with van der Waals surface area (Å²) in [5, 5.41) is 59.6. The highest BCUT2D eigenvalue weighted by Crippen LogP contribution is 2.62. The fourth-order valence-electron chi connectivity index (χ4n) is 4.52. The van der Waals surface area contributed by atoms with E-state index in [1.54, 1.807) is 0 Å². The summed E-state index contributed by atoms with van der Waals surface area (Å²) in [5.41, 5.74) is 3.59. The van der Waals surface area contributed by atoms with Gasteiger partial charge >= 0.3 is 14.5 Å². The van der Waals surface area contributed by atoms with E-state index in [-0.39, 0.29) is 23.4 Å². The molecule has 4 heterocycles. The molecular formula is C19H30FN5O14P2S. The third-order valence-electron chi connectivity index (χ3n) is 6.76. The highest BCUT2D eigenvalue weighted by Gasteiger charge is 2.58. The summed E-state index contributed by atoms with van der Waals surface area (Å²) < 4.78 is 54.6. The smallest absolute Gasteiger partial charge is 0.394 e. The Morgan fingerprint density at radius 3 is 2.52 bits per heavy atom. The topological polar surface area (TPSA) is 295 Å². The number of hydrogen-bond donors (Lipinski definition) is 9. The number of nitrogens with two attached hydrogens (primary N) is 1. The first kappa shape index (κ1) is 33.5. The molecule has 2 aliphatic rings. The van der Waals surface area contributed by atoms with Gasteiger partial charge in [-0.2, -0.15) is 0 Å². The molecule has 2 aromatic heterocycles. The van der Waals surface area contributed by atoms with Gasteiger partial charge in [0, 0.05) is 0 Å². The van der Waals surface area contributed by atoms with Crippen molar-refractivity contribution in [2.24, 2.45) is 0 Å². The standard InChI is InChI=1S/C19H30FN5O14P2S/c1-2-19(20)14(31)8(36-18(19)25-6-24-9-15(21)22-5-23-16(9)25)4-35-41(34,42)39-40(32,33)38-17-12(30)10(28)11(29)13(37-17)7(27)3-26/h5-8,10-14,17-18,26-31H,2-4H2,1H3,(H,32,33)(H,34,42)(H2,21,22,23)/t7-,8+,10?,11?,12?,13?,14+,17?,18+,19+,41?/m0/s1. The third kappa shape index (κ3) is 6.52. The molecule has 0 amide bonds. The summed E-state index contributed by atoms with van der Waals surface area (Å²) in [6.45, 7) is -5.10. The largest absolute Gasteiger partial charge is 0.481 e. The Hall–Kier alpha value is -1.36. The summed E-state index contributed by atoms with van der Waals surface area (Å²) in [6.07, 6.45) is -14.8. The summed E-state index contributed by atoms with van der Waals surface area (Å²) in [4.78, 5) is 32.4. The second-order valence-electron chi connectivity index (χ2n) is 9.45. The number of rotatable bonds is 11. The van der Waals surface area contributed by atoms with Gasteiger partial charge < -0.3 is 60.2 Å². The van der Waals surface area contributed by atoms with Crippen LogP contribution in [0.4, 0.5) is 10.2 Å². The predicted octanol–water partition coefficient (Wildman–Crippen LogP) is -2.69. The summed E-state index contributed by atoms with van der Waals surface area (Å²) in [7, 11) is -5.49. The Balaban J connectivity index is 1.43. The molecule has 4 rings (SSSR count). The molecule has 2 fully saturated rings. The Morgan fingerprint density at radius 1 is 1.19 bits per heavy atom. The number of alkyl halides is 1. The van der Waals surface area contributed by atoms with E-state index in [0.717, 1.165) is 6.33 Å². The molecule has 0 radical (unpaired) electrons. The zero-order chi connectivity index (χ0) is 31.2. The number of aliphatic hydroxyl groups is 6. The molecule has 0 aliphatic carbocycles. The van der Waals surface area contributed by atoms with Crippen molar-refractivity contribution >= 4 is 43.3 Å². The van der Waals surface area contributed by atoms with Gasteiger partial charge in [0.25, 0.3) is 0 Å². The van der Waals surface area contributed by atoms with Gasteiger partial charge in [0.15, 0.2) is 29.7 Å². The first-order valence-corrected chi connectivity index (χ1v) is 16.3. The summed E-state index contributed by atoms with van der Waals surface area (Å²) in [6, 6.07) is 0. The van der Waals surface area contributed by atoms with Crippen LogP contribution in [-0.4, -0.2) is 128 Å². The number of nitrogen functional groups attached to an aromatic ring is 1. The minimum atomic E-state index is -5.49. The predicted molar refractivity (Wildman–Crippen MR) is 138 cm³/mol. The van der Waals surface area contributed by atoms with Crippen LogP contribution in [0.15, 0.2) is 12.7 Å². The van der Waals surface area contributed by atoms with Gasteiger partial charge in [-0.15, -0.1) is 0 Å². The van der Waals surface area contributed by atoms with Gasteiger partial charge in [-0.05, 0) is 18.2 Å². The van der Waals surface area contributed by atoms with E-state index in [0.29, 0.717) is 0 Å². The molecular weight excluding hydrogens is 635 g/mol. The molecule has 2 aliphatic heterocycles. The average Bonchev–Trinajstić information content (AvgIpc) is 3.46. The molecule has 2 saturated heterocycles. The normalized spacial score (nSPS) is 37.4. The lowest BCUT2D eigenvalue weighted by atomic mass is 9.93. The fourth-order valence-corrected chi connectivity index (χ4v) is 7.61. The Morgan fingerprint density at radius 2 is 1.88 bits per heavy atom. The number of nitrogens with zero attached hydrogens (tertiary/aromatic N) is 4. The molecule has 0 saturated carbocycles. The first-order valence-electron chi connectivity index (χ1n) is 12.2. The van der Waals surface area contributed by atoms with Crippen LogP contribution in [0, 0.1) is 0 Å². The van der Waals surface area contributed by atoms with Crippen LogP contribution in [0.3, 0.4) is 0 Å². The van der Waals surface area contributed by atoms with Crippen LogP contribution in [-0.2, 0) is 39.2 Å². The molecule has 0 spiro atoms. The molecule has 0 aromatic carbocycles. The highest BCUT2D eigenvalue weighted by atomic mass is 32.5. The minimum absolute atomic E-state index is 0.0174. The number of halogens is 1. The van der Waals surface area contributed by atoms with Crippen LogP contribution < -0.4 is 5.73 Å². The fraction of sp³-hybridized carbons (Fsp3) is 0.737. The number of phosphoric acid groups is 1. The summed E-state index contributed by atoms with van der Waals surface area (Å²) >= 11 is 4.73. The van der Waals surface area contributed by atoms with Crippen LogP contribution in [0.1, 0.15) is 19.6 Å². The van der Waals surface area contributed by atoms with Crippen molar-refractivity contribution < 1.29 is 72.2 Å². The number of aromatic nitrogens is 4. The SMILES string of the molecule is CC[C@@]1(F)[C@H](O)[C@@H](COP(O)(=S)OP(=O)(O)OC2OC([C@@H](O)CO)C(O)C(O)C2O)O[C@H]1n1cnc2c(N)ncnc21. The van der Waals surface area contributed by atoms with E-state index in [1.807, 2.05) is 0 Å². The lowest BCUT2D eigenvalue weighted by Gasteiger charge is -2.41. The summed E-state index contributed by atoms with van der Waals surface area (Å²) in [5.74, 6) is 0.0174. The van der Waals surface area contributed by atoms with E-state index in [2.05, 4.69) is 23.8 Å². The quantitative estimate of drug-likeness (QED) is 0.110. The molecule has 2 aromatic rings. The molecule has 238 valence electrons. The molecule has 0 bridgehead atoms. The molecule has 23 heteroatoms. The maximum atomic E-state index is 16.0. The van der Waals surface area contributed by atoms with Gasteiger partial charge in [0.1, 0.15) is 54.6 Å². The van der Waals surface area contributed by atoms with Crippen molar-refractivity contribution in [1.82, 2.24) is 19.5 Å². The van der Waals surface area contributed by atoms with Crippen LogP contribution in [0.2, 0.25) is 0 Å². The molecule has 7 unspecified atom stereocenters. The van der Waals surface area contributed by atoms with Crippen molar-refractivity contribution in [2.45, 2.75) is 74.3 Å². The van der Waals surface area contributed by atoms with Crippen LogP contribution >= 0.6 is 14.5 Å². The van der Waals surface area contributed by atoms with Crippen molar-refractivity contribution in [3.05, 3.63) is 12.7 Å². The maximum absolute atomic E-state index is 16.0. The number of phosphoric ester groups is 1. The maximum Gasteiger partial charge on any atom is 0.481 e. The van der Waals surface area contributed by atoms with Gasteiger partial charge in [-0.25, -0.2) is 28.2 Å². The lowest BCUT2D eigenvalue weighted by molar-refractivity contribution is -0.292. The van der Waals surface area contributed by atoms with Crippen LogP contribution in [0.5, 0.6) is 0 Å². The molecule has 10 N–H and O–H groups in total. The average molecular weight is 665 g/mol. The van der Waals surface area contributed by atoms with Crippen molar-refractivity contribution in [1.29, 1.82) is 0 Å². The van der Waals surface area contributed by atoms with Crippen molar-refractivity contribution in [3.63, 3.8) is 0 Å². The van der Waals surface area contributed by atoms with Gasteiger partial charge in [0.2, 0.25) is 0 Å². The third-order valence-corrected chi connectivity index (χ3v) is 10.3. The zero-order valence-corrected chi connectivity index (χ0v) is 24.2. The molecule has 42 heavy (non-hydrogen) atoms. The van der Waals surface area contributed by atoms with Gasteiger partial charge in [-0.3, -0.25) is 9.09 Å². The van der Waals surface area contributed by atoms with Crippen LogP contribution in [0.25, 0.3) is 11.2 Å². The van der Waals surface area contributed by atoms with E-state index >= 15 is 4.39 Å². The minimum Gasteiger partial charge on any atom is -0.394 e. The Kier molecular flexibility index (Phi) is 10.0. The number of imidazole rings is 1. The van der Waals surface area contributed by atoms with E-state index in [1.165, 1.54) is 17.8 Å². The first-order chi connectivity index (χ1) is 19.5. The second-order valence-corrected chi connectivity index (χ2v) is 13.8. The number of aliphatic hydroxyl groups excluding tert-OH is 6. The number of ether oxygens (including phenoxy) is 2. The second kappa shape index (κ2) is 12.6. The van der Waals surface area contributed by atoms with E-state index < -0.39 is 88.7 Å². The highest BCUT2D eigenvalue weighted by molar-refractivity contribution is 8.08. The zero-order valence-electron chi connectivity index (χ0n) is 21.5. The molecule has 12 atom stereocenters. The number of hydrogen-bond acceptors (Lipinski definition) is 17. The van der Waals surface area contributed by atoms with E-state index in [4.69, 9.17) is 36.6 Å². The monoisotopic (exact) mass is 665 g/mol. The Labute approximate surface area is 241 Å². The molecule has 19 nitrogen and oxygen atoms in total.